The van der Waals surface area contributed by atoms with Crippen LogP contribution < -0.4 is 10.9 Å². The summed E-state index contributed by atoms with van der Waals surface area (Å²) in [5, 5.41) is 7.82. The molecule has 0 spiro atoms. The van der Waals surface area contributed by atoms with Gasteiger partial charge in [0.15, 0.2) is 5.82 Å². The zero-order chi connectivity index (χ0) is 24.8. The maximum Gasteiger partial charge on any atom is 0.278 e. The minimum Gasteiger partial charge on any atom is -0.337 e. The van der Waals surface area contributed by atoms with E-state index >= 15 is 0 Å². The highest BCUT2D eigenvalue weighted by Crippen LogP contribution is 2.38. The highest BCUT2D eigenvalue weighted by molar-refractivity contribution is 6.06. The number of benzene rings is 2. The molecule has 0 radical (unpaired) electrons. The number of carbonyl (C=O) groups is 1. The summed E-state index contributed by atoms with van der Waals surface area (Å²) in [6.07, 6.45) is 4.57. The first-order chi connectivity index (χ1) is 17.5. The highest BCUT2D eigenvalue weighted by atomic mass is 16.5. The van der Waals surface area contributed by atoms with Crippen LogP contribution in [0.25, 0.3) is 21.9 Å². The van der Waals surface area contributed by atoms with E-state index in [9.17, 15) is 9.59 Å². The van der Waals surface area contributed by atoms with Crippen LogP contribution in [0.4, 0.5) is 5.69 Å². The van der Waals surface area contributed by atoms with Gasteiger partial charge in [0.1, 0.15) is 24.1 Å². The molecule has 1 aliphatic rings. The summed E-state index contributed by atoms with van der Waals surface area (Å²) in [7, 11) is 0. The van der Waals surface area contributed by atoms with Gasteiger partial charge >= 0.3 is 0 Å². The number of aryl methyl sites for hydroxylation is 2. The summed E-state index contributed by atoms with van der Waals surface area (Å²) < 4.78 is 8.57. The number of amides is 1. The molecule has 3 heterocycles. The Balaban J connectivity index is 1.38. The highest BCUT2D eigenvalue weighted by Gasteiger charge is 2.29. The summed E-state index contributed by atoms with van der Waals surface area (Å²) in [6.45, 7) is 4.18. The zero-order valence-corrected chi connectivity index (χ0v) is 20.2. The lowest BCUT2D eigenvalue weighted by atomic mass is 10.1. The first-order valence-electron chi connectivity index (χ1n) is 12.2. The molecule has 0 unspecified atom stereocenters. The fourth-order valence-corrected chi connectivity index (χ4v) is 4.54. The van der Waals surface area contributed by atoms with Gasteiger partial charge in [-0.3, -0.25) is 14.2 Å². The van der Waals surface area contributed by atoms with Crippen LogP contribution >= 0.6 is 0 Å². The number of nitrogens with zero attached hydrogens (tertiary/aromatic N) is 5. The molecule has 0 atom stereocenters. The lowest BCUT2D eigenvalue weighted by Crippen LogP contribution is -2.25. The maximum absolute atomic E-state index is 13.7. The Morgan fingerprint density at radius 3 is 2.72 bits per heavy atom. The SMILES string of the molecule is CCc1ccc(NC(=O)Cn2c3ccc(C)cc3c3ncn(Cc4nc(C5CC5)no4)c(=O)c32)cc1. The van der Waals surface area contributed by atoms with Crippen molar-refractivity contribution in [1.82, 2.24) is 24.3 Å². The summed E-state index contributed by atoms with van der Waals surface area (Å²) in [5.74, 6) is 1.20. The zero-order valence-electron chi connectivity index (χ0n) is 20.2. The van der Waals surface area contributed by atoms with E-state index in [0.29, 0.717) is 34.4 Å². The van der Waals surface area contributed by atoms with Crippen molar-refractivity contribution in [2.45, 2.75) is 52.1 Å². The van der Waals surface area contributed by atoms with E-state index in [1.54, 1.807) is 4.57 Å². The summed E-state index contributed by atoms with van der Waals surface area (Å²) in [6, 6.07) is 13.7. The monoisotopic (exact) mass is 482 g/mol. The second-order valence-electron chi connectivity index (χ2n) is 9.40. The molecule has 6 rings (SSSR count). The van der Waals surface area contributed by atoms with Crippen LogP contribution in [-0.2, 0) is 24.3 Å². The number of fused-ring (bicyclic) bond motifs is 3. The summed E-state index contributed by atoms with van der Waals surface area (Å²) >= 11 is 0. The van der Waals surface area contributed by atoms with Crippen molar-refractivity contribution >= 4 is 33.5 Å². The third-order valence-electron chi connectivity index (χ3n) is 6.66. The van der Waals surface area contributed by atoms with Crippen LogP contribution in [0.1, 0.15) is 48.5 Å². The molecule has 1 aliphatic carbocycles. The predicted octanol–water partition coefficient (Wildman–Crippen LogP) is 4.17. The molecule has 2 aromatic carbocycles. The van der Waals surface area contributed by atoms with E-state index in [1.165, 1.54) is 16.5 Å². The largest absolute Gasteiger partial charge is 0.337 e. The van der Waals surface area contributed by atoms with Crippen molar-refractivity contribution in [3.63, 3.8) is 0 Å². The Morgan fingerprint density at radius 1 is 1.17 bits per heavy atom. The second kappa shape index (κ2) is 8.75. The molecule has 1 N–H and O–H groups in total. The average molecular weight is 483 g/mol. The molecule has 5 aromatic rings. The Hall–Kier alpha value is -4.27. The van der Waals surface area contributed by atoms with Crippen LogP contribution in [-0.4, -0.2) is 30.2 Å². The molecule has 3 aromatic heterocycles. The number of carbonyl (C=O) groups excluding carboxylic acids is 1. The third kappa shape index (κ3) is 4.06. The van der Waals surface area contributed by atoms with Gasteiger partial charge in [0.25, 0.3) is 5.56 Å². The fraction of sp³-hybridized carbons (Fsp3) is 0.296. The molecule has 1 fully saturated rings. The van der Waals surface area contributed by atoms with Gasteiger partial charge in [0.05, 0.1) is 11.8 Å². The Bertz CT molecular complexity index is 1660. The van der Waals surface area contributed by atoms with Crippen LogP contribution in [0.5, 0.6) is 0 Å². The molecule has 182 valence electrons. The smallest absolute Gasteiger partial charge is 0.278 e. The first-order valence-corrected chi connectivity index (χ1v) is 12.2. The van der Waals surface area contributed by atoms with Crippen molar-refractivity contribution in [1.29, 1.82) is 0 Å². The minimum absolute atomic E-state index is 0.0219. The molecular weight excluding hydrogens is 456 g/mol. The Kier molecular flexibility index (Phi) is 5.40. The Morgan fingerprint density at radius 2 is 1.97 bits per heavy atom. The van der Waals surface area contributed by atoms with Crippen molar-refractivity contribution in [2.75, 3.05) is 5.32 Å². The van der Waals surface area contributed by atoms with Crippen LogP contribution in [0, 0.1) is 6.92 Å². The Labute approximate surface area is 206 Å². The molecule has 0 bridgehead atoms. The number of hydrogen-bond donors (Lipinski definition) is 1. The normalized spacial score (nSPS) is 13.5. The van der Waals surface area contributed by atoms with Gasteiger partial charge in [-0.25, -0.2) is 4.98 Å². The number of anilines is 1. The lowest BCUT2D eigenvalue weighted by molar-refractivity contribution is -0.116. The van der Waals surface area contributed by atoms with Gasteiger partial charge in [0, 0.05) is 17.0 Å². The lowest BCUT2D eigenvalue weighted by Gasteiger charge is -2.10. The summed E-state index contributed by atoms with van der Waals surface area (Å²) in [4.78, 5) is 35.8. The van der Waals surface area contributed by atoms with E-state index in [2.05, 4.69) is 27.4 Å². The van der Waals surface area contributed by atoms with Crippen molar-refractivity contribution in [2.24, 2.45) is 0 Å². The standard InChI is InChI=1S/C27H26N6O3/c1-3-17-5-9-19(10-6-17)29-22(34)13-33-21-11-4-16(2)12-20(21)24-25(33)27(35)32(15-28-24)14-23-30-26(31-36-23)18-7-8-18/h4-6,9-12,15,18H,3,7-8,13-14H2,1-2H3,(H,29,34). The third-order valence-corrected chi connectivity index (χ3v) is 6.66. The maximum atomic E-state index is 13.7. The topological polar surface area (TPSA) is 108 Å². The predicted molar refractivity (Wildman–Crippen MR) is 136 cm³/mol. The quantitative estimate of drug-likeness (QED) is 0.373. The molecule has 36 heavy (non-hydrogen) atoms. The van der Waals surface area contributed by atoms with Crippen LogP contribution in [0.15, 0.2) is 58.1 Å². The van der Waals surface area contributed by atoms with Gasteiger partial charge < -0.3 is 14.4 Å². The molecular formula is C27H26N6O3. The minimum atomic E-state index is -0.264. The van der Waals surface area contributed by atoms with E-state index < -0.39 is 0 Å². The molecule has 0 saturated heterocycles. The molecule has 9 nitrogen and oxygen atoms in total. The van der Waals surface area contributed by atoms with Crippen LogP contribution in [0.2, 0.25) is 0 Å². The van der Waals surface area contributed by atoms with Crippen molar-refractivity contribution in [3.8, 4) is 0 Å². The van der Waals surface area contributed by atoms with Gasteiger partial charge in [0.2, 0.25) is 11.8 Å². The number of aromatic nitrogens is 5. The first kappa shape index (κ1) is 22.2. The van der Waals surface area contributed by atoms with Gasteiger partial charge in [-0.15, -0.1) is 0 Å². The van der Waals surface area contributed by atoms with Gasteiger partial charge in [-0.05, 0) is 56.0 Å². The number of nitrogens with one attached hydrogen (secondary N) is 1. The van der Waals surface area contributed by atoms with Crippen LogP contribution in [0.3, 0.4) is 0 Å². The molecule has 1 amide bonds. The van der Waals surface area contributed by atoms with E-state index in [-0.39, 0.29) is 24.6 Å². The van der Waals surface area contributed by atoms with E-state index in [1.807, 2.05) is 49.4 Å². The van der Waals surface area contributed by atoms with Crippen molar-refractivity contribution < 1.29 is 9.32 Å². The molecule has 1 saturated carbocycles. The second-order valence-corrected chi connectivity index (χ2v) is 9.40. The van der Waals surface area contributed by atoms with Crippen molar-refractivity contribution in [3.05, 3.63) is 82.0 Å². The summed E-state index contributed by atoms with van der Waals surface area (Å²) in [5.41, 5.74) is 4.42. The number of rotatable bonds is 7. The van der Waals surface area contributed by atoms with E-state index in [4.69, 9.17) is 4.52 Å². The average Bonchev–Trinajstić information content (AvgIpc) is 3.55. The number of hydrogen-bond acceptors (Lipinski definition) is 6. The molecule has 9 heteroatoms. The van der Waals surface area contributed by atoms with E-state index in [0.717, 1.165) is 35.7 Å². The van der Waals surface area contributed by atoms with Gasteiger partial charge in [-0.2, -0.15) is 4.98 Å². The van der Waals surface area contributed by atoms with Gasteiger partial charge in [-0.1, -0.05) is 35.8 Å². The molecule has 0 aliphatic heterocycles. The fourth-order valence-electron chi connectivity index (χ4n) is 4.54.